The summed E-state index contributed by atoms with van der Waals surface area (Å²) in [5.41, 5.74) is 6.52. The van der Waals surface area contributed by atoms with Gasteiger partial charge >= 0.3 is 0 Å². The monoisotopic (exact) mass is 265 g/mol. The number of hydrogen-bond acceptors (Lipinski definition) is 3. The van der Waals surface area contributed by atoms with Crippen LogP contribution in [0.3, 0.4) is 0 Å². The lowest BCUT2D eigenvalue weighted by molar-refractivity contribution is 0.0753. The van der Waals surface area contributed by atoms with E-state index in [1.165, 1.54) is 0 Å². The predicted octanol–water partition coefficient (Wildman–Crippen LogP) is 2.54. The Kier molecular flexibility index (Phi) is 4.99. The molecule has 0 fully saturated rings. The van der Waals surface area contributed by atoms with Gasteiger partial charge in [0.15, 0.2) is 0 Å². The van der Waals surface area contributed by atoms with E-state index in [-0.39, 0.29) is 11.8 Å². The fourth-order valence-corrected chi connectivity index (χ4v) is 1.87. The number of anilines is 1. The van der Waals surface area contributed by atoms with Gasteiger partial charge in [-0.05, 0) is 32.0 Å². The topological polar surface area (TPSA) is 70.1 Å². The first-order valence-electron chi connectivity index (χ1n) is 5.73. The summed E-state index contributed by atoms with van der Waals surface area (Å²) >= 11 is 6.00. The third kappa shape index (κ3) is 3.38. The van der Waals surface area contributed by atoms with Crippen molar-refractivity contribution in [2.45, 2.75) is 13.8 Å². The van der Waals surface area contributed by atoms with E-state index >= 15 is 0 Å². The number of nitriles is 1. The molecule has 0 aliphatic heterocycles. The number of amides is 1. The highest BCUT2D eigenvalue weighted by Gasteiger charge is 2.18. The molecule has 1 aromatic rings. The zero-order chi connectivity index (χ0) is 13.7. The number of carbonyl (C=O) groups is 1. The van der Waals surface area contributed by atoms with E-state index in [2.05, 4.69) is 6.07 Å². The maximum absolute atomic E-state index is 12.3. The molecule has 0 saturated carbocycles. The van der Waals surface area contributed by atoms with Crippen molar-refractivity contribution in [2.75, 3.05) is 18.8 Å². The van der Waals surface area contributed by atoms with Gasteiger partial charge in [-0.2, -0.15) is 5.26 Å². The van der Waals surface area contributed by atoms with Crippen molar-refractivity contribution in [2.24, 2.45) is 5.92 Å². The molecule has 0 saturated heterocycles. The van der Waals surface area contributed by atoms with Crippen LogP contribution in [0.1, 0.15) is 24.2 Å². The van der Waals surface area contributed by atoms with Crippen molar-refractivity contribution in [3.05, 3.63) is 28.8 Å². The molecule has 1 aromatic carbocycles. The smallest absolute Gasteiger partial charge is 0.255 e. The van der Waals surface area contributed by atoms with Crippen molar-refractivity contribution >= 4 is 23.2 Å². The maximum Gasteiger partial charge on any atom is 0.255 e. The normalized spacial score (nSPS) is 11.7. The van der Waals surface area contributed by atoms with E-state index in [4.69, 9.17) is 22.6 Å². The Hall–Kier alpha value is -1.73. The van der Waals surface area contributed by atoms with Gasteiger partial charge in [0, 0.05) is 18.8 Å². The zero-order valence-electron chi connectivity index (χ0n) is 10.5. The van der Waals surface area contributed by atoms with E-state index in [0.29, 0.717) is 29.4 Å². The zero-order valence-corrected chi connectivity index (χ0v) is 11.2. The van der Waals surface area contributed by atoms with Gasteiger partial charge in [0.25, 0.3) is 5.91 Å². The van der Waals surface area contributed by atoms with Crippen molar-refractivity contribution in [3.8, 4) is 6.07 Å². The predicted molar refractivity (Wildman–Crippen MR) is 72.2 cm³/mol. The number of benzene rings is 1. The molecule has 1 rings (SSSR count). The molecule has 0 bridgehead atoms. The summed E-state index contributed by atoms with van der Waals surface area (Å²) in [6.45, 7) is 4.58. The molecule has 0 aliphatic rings. The lowest BCUT2D eigenvalue weighted by Crippen LogP contribution is -2.34. The Labute approximate surface area is 112 Å². The molecule has 1 amide bonds. The molecule has 1 unspecified atom stereocenters. The van der Waals surface area contributed by atoms with E-state index < -0.39 is 0 Å². The molecule has 0 heterocycles. The summed E-state index contributed by atoms with van der Waals surface area (Å²) in [7, 11) is 0. The molecule has 4 nitrogen and oxygen atoms in total. The summed E-state index contributed by atoms with van der Waals surface area (Å²) in [5, 5.41) is 9.13. The van der Waals surface area contributed by atoms with Crippen LogP contribution in [-0.2, 0) is 0 Å². The van der Waals surface area contributed by atoms with Gasteiger partial charge in [-0.3, -0.25) is 4.79 Å². The standard InChI is InChI=1S/C13H16ClN3O/c1-3-17(8-9(2)7-15)13(18)11-5-4-10(16)6-12(11)14/h4-6,9H,3,8,16H2,1-2H3. The SMILES string of the molecule is CCN(CC(C)C#N)C(=O)c1ccc(N)cc1Cl. The quantitative estimate of drug-likeness (QED) is 0.851. The van der Waals surface area contributed by atoms with Crippen molar-refractivity contribution < 1.29 is 4.79 Å². The van der Waals surface area contributed by atoms with Crippen LogP contribution in [0, 0.1) is 17.2 Å². The first-order chi connectivity index (χ1) is 8.49. The van der Waals surface area contributed by atoms with Gasteiger partial charge in [0.05, 0.1) is 22.6 Å². The first kappa shape index (κ1) is 14.3. The van der Waals surface area contributed by atoms with Crippen LogP contribution in [0.4, 0.5) is 5.69 Å². The van der Waals surface area contributed by atoms with Crippen LogP contribution in [0.25, 0.3) is 0 Å². The number of rotatable bonds is 4. The summed E-state index contributed by atoms with van der Waals surface area (Å²) in [4.78, 5) is 13.9. The van der Waals surface area contributed by atoms with E-state index in [0.717, 1.165) is 0 Å². The molecule has 5 heteroatoms. The number of nitrogens with two attached hydrogens (primary N) is 1. The van der Waals surface area contributed by atoms with Crippen LogP contribution >= 0.6 is 11.6 Å². The Bertz CT molecular complexity index is 482. The molecular formula is C13H16ClN3O. The Morgan fingerprint density at radius 1 is 1.61 bits per heavy atom. The highest BCUT2D eigenvalue weighted by Crippen LogP contribution is 2.21. The van der Waals surface area contributed by atoms with Crippen LogP contribution in [0.5, 0.6) is 0 Å². The molecule has 0 aliphatic carbocycles. The van der Waals surface area contributed by atoms with Gasteiger partial charge in [0.1, 0.15) is 0 Å². The van der Waals surface area contributed by atoms with Gasteiger partial charge in [0.2, 0.25) is 0 Å². The second kappa shape index (κ2) is 6.27. The lowest BCUT2D eigenvalue weighted by atomic mass is 10.1. The van der Waals surface area contributed by atoms with Crippen LogP contribution < -0.4 is 5.73 Å². The summed E-state index contributed by atoms with van der Waals surface area (Å²) < 4.78 is 0. The second-order valence-electron chi connectivity index (χ2n) is 4.11. The minimum atomic E-state index is -0.207. The van der Waals surface area contributed by atoms with Gasteiger partial charge < -0.3 is 10.6 Å². The summed E-state index contributed by atoms with van der Waals surface area (Å²) in [6, 6.07) is 6.92. The second-order valence-corrected chi connectivity index (χ2v) is 4.52. The Morgan fingerprint density at radius 3 is 2.78 bits per heavy atom. The number of nitrogen functional groups attached to an aromatic ring is 1. The average Bonchev–Trinajstić information content (AvgIpc) is 2.34. The van der Waals surface area contributed by atoms with Crippen molar-refractivity contribution in [3.63, 3.8) is 0 Å². The summed E-state index contributed by atoms with van der Waals surface area (Å²) in [6.07, 6.45) is 0. The van der Waals surface area contributed by atoms with Crippen molar-refractivity contribution in [1.29, 1.82) is 5.26 Å². The number of nitrogens with zero attached hydrogens (tertiary/aromatic N) is 2. The molecule has 1 atom stereocenters. The minimum Gasteiger partial charge on any atom is -0.399 e. The van der Waals surface area contributed by atoms with E-state index in [1.54, 1.807) is 30.0 Å². The van der Waals surface area contributed by atoms with E-state index in [9.17, 15) is 4.79 Å². The molecule has 96 valence electrons. The minimum absolute atomic E-state index is 0.176. The van der Waals surface area contributed by atoms with Gasteiger partial charge in [-0.15, -0.1) is 0 Å². The lowest BCUT2D eigenvalue weighted by Gasteiger charge is -2.22. The largest absolute Gasteiger partial charge is 0.399 e. The van der Waals surface area contributed by atoms with E-state index in [1.807, 2.05) is 6.92 Å². The molecule has 0 radical (unpaired) electrons. The van der Waals surface area contributed by atoms with Gasteiger partial charge in [-0.1, -0.05) is 11.6 Å². The highest BCUT2D eigenvalue weighted by atomic mass is 35.5. The molecule has 18 heavy (non-hydrogen) atoms. The third-order valence-electron chi connectivity index (χ3n) is 2.61. The highest BCUT2D eigenvalue weighted by molar-refractivity contribution is 6.34. The molecule has 0 aromatic heterocycles. The molecule has 0 spiro atoms. The number of hydrogen-bond donors (Lipinski definition) is 1. The van der Waals surface area contributed by atoms with Crippen LogP contribution in [0.15, 0.2) is 18.2 Å². The van der Waals surface area contributed by atoms with Gasteiger partial charge in [-0.25, -0.2) is 0 Å². The maximum atomic E-state index is 12.3. The first-order valence-corrected chi connectivity index (χ1v) is 6.11. The Morgan fingerprint density at radius 2 is 2.28 bits per heavy atom. The molecule has 2 N–H and O–H groups in total. The fourth-order valence-electron chi connectivity index (χ4n) is 1.60. The number of halogens is 1. The summed E-state index contributed by atoms with van der Waals surface area (Å²) in [5.74, 6) is -0.383. The average molecular weight is 266 g/mol. The molecular weight excluding hydrogens is 250 g/mol. The number of carbonyl (C=O) groups excluding carboxylic acids is 1. The fraction of sp³-hybridized carbons (Fsp3) is 0.385. The Balaban J connectivity index is 2.94. The van der Waals surface area contributed by atoms with Crippen LogP contribution in [-0.4, -0.2) is 23.9 Å². The van der Waals surface area contributed by atoms with Crippen molar-refractivity contribution in [1.82, 2.24) is 4.90 Å². The van der Waals surface area contributed by atoms with Crippen LogP contribution in [0.2, 0.25) is 5.02 Å². The third-order valence-corrected chi connectivity index (χ3v) is 2.92.